The first kappa shape index (κ1) is 12.2. The molecule has 16 heavy (non-hydrogen) atoms. The van der Waals surface area contributed by atoms with Gasteiger partial charge in [0.1, 0.15) is 0 Å². The van der Waals surface area contributed by atoms with Crippen molar-refractivity contribution >= 4 is 17.7 Å². The van der Waals surface area contributed by atoms with Gasteiger partial charge < -0.3 is 15.0 Å². The average Bonchev–Trinajstić information content (AvgIpc) is 2.75. The molecule has 0 bridgehead atoms. The monoisotopic (exact) mass is 244 g/mol. The Morgan fingerprint density at radius 3 is 2.94 bits per heavy atom. The van der Waals surface area contributed by atoms with Crippen LogP contribution in [0.3, 0.4) is 0 Å². The number of amides is 1. The van der Waals surface area contributed by atoms with Crippen molar-refractivity contribution < 1.29 is 9.53 Å². The van der Waals surface area contributed by atoms with Crippen LogP contribution in [0.4, 0.5) is 0 Å². The molecular weight excluding hydrogens is 224 g/mol. The minimum absolute atomic E-state index is 0.00319. The smallest absolute Gasteiger partial charge is 0.240 e. The van der Waals surface area contributed by atoms with E-state index in [4.69, 9.17) is 4.74 Å². The number of ether oxygens (including phenoxy) is 1. The normalized spacial score (nSPS) is 35.0. The van der Waals surface area contributed by atoms with Gasteiger partial charge in [0, 0.05) is 31.7 Å². The molecule has 2 heterocycles. The highest BCUT2D eigenvalue weighted by Crippen LogP contribution is 2.20. The molecule has 0 aliphatic carbocycles. The van der Waals surface area contributed by atoms with E-state index < -0.39 is 0 Å². The highest BCUT2D eigenvalue weighted by molar-refractivity contribution is 7.99. The number of carbonyl (C=O) groups is 1. The van der Waals surface area contributed by atoms with Gasteiger partial charge in [-0.2, -0.15) is 11.8 Å². The highest BCUT2D eigenvalue weighted by atomic mass is 32.2. The molecule has 0 aromatic rings. The van der Waals surface area contributed by atoms with E-state index in [9.17, 15) is 4.79 Å². The molecule has 4 nitrogen and oxygen atoms in total. The fraction of sp³-hybridized carbons (Fsp3) is 0.909. The second kappa shape index (κ2) is 5.38. The number of hydrogen-bond acceptors (Lipinski definition) is 4. The molecule has 92 valence electrons. The third kappa shape index (κ3) is 2.52. The summed E-state index contributed by atoms with van der Waals surface area (Å²) >= 11 is 1.85. The quantitative estimate of drug-likeness (QED) is 0.760. The van der Waals surface area contributed by atoms with E-state index in [0.29, 0.717) is 0 Å². The fourth-order valence-corrected chi connectivity index (χ4v) is 3.29. The van der Waals surface area contributed by atoms with E-state index in [2.05, 4.69) is 5.32 Å². The Balaban J connectivity index is 1.92. The van der Waals surface area contributed by atoms with Crippen molar-refractivity contribution in [2.45, 2.75) is 31.5 Å². The van der Waals surface area contributed by atoms with Crippen LogP contribution in [-0.4, -0.2) is 60.7 Å². The van der Waals surface area contributed by atoms with Gasteiger partial charge in [0.25, 0.3) is 0 Å². The molecule has 2 fully saturated rings. The SMILES string of the molecule is CC1OCCC1N(C)C(=O)C1CSCCN1. The number of likely N-dealkylation sites (N-methyl/N-ethyl adjacent to an activating group) is 1. The zero-order valence-corrected chi connectivity index (χ0v) is 10.8. The molecule has 0 aromatic heterocycles. The zero-order chi connectivity index (χ0) is 11.5. The Labute approximate surface area is 101 Å². The van der Waals surface area contributed by atoms with Crippen LogP contribution in [0.15, 0.2) is 0 Å². The average molecular weight is 244 g/mol. The summed E-state index contributed by atoms with van der Waals surface area (Å²) in [5, 5.41) is 3.29. The Kier molecular flexibility index (Phi) is 4.10. The van der Waals surface area contributed by atoms with Crippen LogP contribution in [0, 0.1) is 0 Å². The summed E-state index contributed by atoms with van der Waals surface area (Å²) in [6.07, 6.45) is 1.13. The second-order valence-electron chi connectivity index (χ2n) is 4.46. The van der Waals surface area contributed by atoms with Crippen molar-refractivity contribution in [2.75, 3.05) is 31.7 Å². The fourth-order valence-electron chi connectivity index (χ4n) is 2.36. The molecule has 2 saturated heterocycles. The Morgan fingerprint density at radius 2 is 2.38 bits per heavy atom. The predicted octanol–water partition coefficient (Wildman–Crippen LogP) is 0.327. The zero-order valence-electron chi connectivity index (χ0n) is 9.94. The van der Waals surface area contributed by atoms with E-state index in [-0.39, 0.29) is 24.1 Å². The maximum Gasteiger partial charge on any atom is 0.240 e. The molecule has 3 unspecified atom stereocenters. The Hall–Kier alpha value is -0.260. The van der Waals surface area contributed by atoms with Crippen LogP contribution in [-0.2, 0) is 9.53 Å². The minimum atomic E-state index is -0.00319. The van der Waals surface area contributed by atoms with Crippen LogP contribution in [0.25, 0.3) is 0 Å². The summed E-state index contributed by atoms with van der Waals surface area (Å²) in [4.78, 5) is 14.1. The summed E-state index contributed by atoms with van der Waals surface area (Å²) in [6, 6.07) is 0.248. The third-order valence-corrected chi connectivity index (χ3v) is 4.46. The van der Waals surface area contributed by atoms with E-state index >= 15 is 0 Å². The molecule has 1 amide bonds. The van der Waals surface area contributed by atoms with Crippen LogP contribution in [0.2, 0.25) is 0 Å². The highest BCUT2D eigenvalue weighted by Gasteiger charge is 2.33. The van der Waals surface area contributed by atoms with Crippen molar-refractivity contribution in [1.29, 1.82) is 0 Å². The van der Waals surface area contributed by atoms with Crippen LogP contribution in [0.1, 0.15) is 13.3 Å². The van der Waals surface area contributed by atoms with Gasteiger partial charge in [-0.25, -0.2) is 0 Å². The van der Waals surface area contributed by atoms with Gasteiger partial charge in [-0.1, -0.05) is 0 Å². The van der Waals surface area contributed by atoms with Gasteiger partial charge in [-0.3, -0.25) is 4.79 Å². The van der Waals surface area contributed by atoms with E-state index in [1.54, 1.807) is 0 Å². The Bertz CT molecular complexity index is 256. The third-order valence-electron chi connectivity index (χ3n) is 3.40. The lowest BCUT2D eigenvalue weighted by Crippen LogP contribution is -2.53. The van der Waals surface area contributed by atoms with E-state index in [0.717, 1.165) is 31.1 Å². The first-order valence-corrected chi connectivity index (χ1v) is 7.05. The summed E-state index contributed by atoms with van der Waals surface area (Å²) < 4.78 is 5.50. The maximum absolute atomic E-state index is 12.2. The van der Waals surface area contributed by atoms with E-state index in [1.165, 1.54) is 0 Å². The molecule has 0 spiro atoms. The molecule has 2 aliphatic heterocycles. The maximum atomic E-state index is 12.2. The Morgan fingerprint density at radius 1 is 1.56 bits per heavy atom. The summed E-state index contributed by atoms with van der Waals surface area (Å²) in [6.45, 7) is 3.76. The van der Waals surface area contributed by atoms with Crippen molar-refractivity contribution in [1.82, 2.24) is 10.2 Å². The van der Waals surface area contributed by atoms with Gasteiger partial charge in [-0.05, 0) is 13.3 Å². The minimum Gasteiger partial charge on any atom is -0.376 e. The molecule has 0 saturated carbocycles. The van der Waals surface area contributed by atoms with Crippen LogP contribution >= 0.6 is 11.8 Å². The largest absolute Gasteiger partial charge is 0.376 e. The first-order chi connectivity index (χ1) is 7.70. The second-order valence-corrected chi connectivity index (χ2v) is 5.61. The molecule has 3 atom stereocenters. The first-order valence-electron chi connectivity index (χ1n) is 5.89. The number of nitrogens with zero attached hydrogens (tertiary/aromatic N) is 1. The lowest BCUT2D eigenvalue weighted by molar-refractivity contribution is -0.134. The van der Waals surface area contributed by atoms with Crippen LogP contribution < -0.4 is 5.32 Å². The number of thioether (sulfide) groups is 1. The van der Waals surface area contributed by atoms with Gasteiger partial charge in [0.05, 0.1) is 18.2 Å². The van der Waals surface area contributed by atoms with Gasteiger partial charge in [0.15, 0.2) is 0 Å². The number of rotatable bonds is 2. The van der Waals surface area contributed by atoms with Gasteiger partial charge in [0.2, 0.25) is 5.91 Å². The lowest BCUT2D eigenvalue weighted by atomic mass is 10.1. The number of hydrogen-bond donors (Lipinski definition) is 1. The molecule has 0 aromatic carbocycles. The molecule has 0 radical (unpaired) electrons. The van der Waals surface area contributed by atoms with Gasteiger partial charge in [-0.15, -0.1) is 0 Å². The van der Waals surface area contributed by atoms with Crippen molar-refractivity contribution in [3.05, 3.63) is 0 Å². The van der Waals surface area contributed by atoms with Crippen LogP contribution in [0.5, 0.6) is 0 Å². The van der Waals surface area contributed by atoms with Gasteiger partial charge >= 0.3 is 0 Å². The standard InChI is InChI=1S/C11H20N2O2S/c1-8-10(3-5-15-8)13(2)11(14)9-7-16-6-4-12-9/h8-10,12H,3-7H2,1-2H3. The summed E-state index contributed by atoms with van der Waals surface area (Å²) in [5.41, 5.74) is 0. The number of carbonyl (C=O) groups excluding carboxylic acids is 1. The van der Waals surface area contributed by atoms with Crippen molar-refractivity contribution in [2.24, 2.45) is 0 Å². The molecule has 5 heteroatoms. The number of nitrogens with one attached hydrogen (secondary N) is 1. The van der Waals surface area contributed by atoms with Crippen molar-refractivity contribution in [3.8, 4) is 0 Å². The van der Waals surface area contributed by atoms with E-state index in [1.807, 2.05) is 30.6 Å². The molecule has 2 aliphatic rings. The summed E-state index contributed by atoms with van der Waals surface area (Å²) in [7, 11) is 1.90. The lowest BCUT2D eigenvalue weighted by Gasteiger charge is -2.32. The predicted molar refractivity (Wildman–Crippen MR) is 65.7 cm³/mol. The molecule has 1 N–H and O–H groups in total. The topological polar surface area (TPSA) is 41.6 Å². The molecule has 2 rings (SSSR count). The van der Waals surface area contributed by atoms with Crippen molar-refractivity contribution in [3.63, 3.8) is 0 Å². The molecular formula is C11H20N2O2S. The summed E-state index contributed by atoms with van der Waals surface area (Å²) in [5.74, 6) is 2.22.